The Labute approximate surface area is 106 Å². The fraction of sp³-hybridized carbons (Fsp3) is 0.308. The van der Waals surface area contributed by atoms with Gasteiger partial charge in [0.2, 0.25) is 0 Å². The minimum Gasteiger partial charge on any atom is -0.493 e. The monoisotopic (exact) mass is 244 g/mol. The Bertz CT molecular complexity index is 505. The lowest BCUT2D eigenvalue weighted by Crippen LogP contribution is -2.04. The SMILES string of the molecule is CC(C)COc1cccc(/C=N\n2cnnc2)c1. The van der Waals surface area contributed by atoms with Crippen molar-refractivity contribution in [1.82, 2.24) is 14.9 Å². The third kappa shape index (κ3) is 3.69. The third-order valence-corrected chi connectivity index (χ3v) is 2.19. The van der Waals surface area contributed by atoms with E-state index in [0.29, 0.717) is 12.5 Å². The predicted molar refractivity (Wildman–Crippen MR) is 69.8 cm³/mol. The maximum Gasteiger partial charge on any atom is 0.141 e. The molecule has 2 aromatic rings. The molecule has 0 atom stereocenters. The summed E-state index contributed by atoms with van der Waals surface area (Å²) >= 11 is 0. The smallest absolute Gasteiger partial charge is 0.141 e. The van der Waals surface area contributed by atoms with Gasteiger partial charge in [-0.05, 0) is 23.6 Å². The van der Waals surface area contributed by atoms with Crippen molar-refractivity contribution < 1.29 is 4.74 Å². The summed E-state index contributed by atoms with van der Waals surface area (Å²) in [5.74, 6) is 1.37. The highest BCUT2D eigenvalue weighted by Gasteiger charge is 1.97. The number of rotatable bonds is 5. The highest BCUT2D eigenvalue weighted by molar-refractivity contribution is 5.80. The highest BCUT2D eigenvalue weighted by atomic mass is 16.5. The number of hydrogen-bond acceptors (Lipinski definition) is 4. The predicted octanol–water partition coefficient (Wildman–Crippen LogP) is 2.20. The van der Waals surface area contributed by atoms with Gasteiger partial charge in [-0.3, -0.25) is 0 Å². The van der Waals surface area contributed by atoms with Crippen LogP contribution in [-0.4, -0.2) is 27.7 Å². The van der Waals surface area contributed by atoms with E-state index < -0.39 is 0 Å². The lowest BCUT2D eigenvalue weighted by molar-refractivity contribution is 0.271. The standard InChI is InChI=1S/C13H16N4O/c1-11(2)8-18-13-5-3-4-12(6-13)7-16-17-9-14-15-10-17/h3-7,9-11H,8H2,1-2H3/b16-7-. The molecule has 0 saturated carbocycles. The molecule has 2 rings (SSSR count). The summed E-state index contributed by atoms with van der Waals surface area (Å²) in [6.07, 6.45) is 4.82. The van der Waals surface area contributed by atoms with Gasteiger partial charge < -0.3 is 4.74 Å². The Hall–Kier alpha value is -2.17. The molecule has 0 aliphatic rings. The van der Waals surface area contributed by atoms with Crippen LogP contribution in [0.5, 0.6) is 5.75 Å². The van der Waals surface area contributed by atoms with Crippen LogP contribution in [0.4, 0.5) is 0 Å². The van der Waals surface area contributed by atoms with Gasteiger partial charge in [0.15, 0.2) is 0 Å². The van der Waals surface area contributed by atoms with Crippen LogP contribution in [-0.2, 0) is 0 Å². The van der Waals surface area contributed by atoms with Gasteiger partial charge in [0.05, 0.1) is 12.8 Å². The molecule has 94 valence electrons. The summed E-state index contributed by atoms with van der Waals surface area (Å²) in [6, 6.07) is 7.81. The zero-order chi connectivity index (χ0) is 12.8. The van der Waals surface area contributed by atoms with Gasteiger partial charge in [0, 0.05) is 0 Å². The Morgan fingerprint density at radius 3 is 2.83 bits per heavy atom. The summed E-state index contributed by atoms with van der Waals surface area (Å²) in [6.45, 7) is 4.96. The molecular weight excluding hydrogens is 228 g/mol. The summed E-state index contributed by atoms with van der Waals surface area (Å²) in [7, 11) is 0. The van der Waals surface area contributed by atoms with E-state index in [9.17, 15) is 0 Å². The quantitative estimate of drug-likeness (QED) is 0.758. The molecule has 0 amide bonds. The molecule has 0 aliphatic heterocycles. The van der Waals surface area contributed by atoms with Gasteiger partial charge in [-0.1, -0.05) is 26.0 Å². The van der Waals surface area contributed by atoms with Crippen molar-refractivity contribution >= 4 is 6.21 Å². The molecule has 0 aliphatic carbocycles. The van der Waals surface area contributed by atoms with E-state index in [-0.39, 0.29) is 0 Å². The van der Waals surface area contributed by atoms with Crippen LogP contribution in [0.3, 0.4) is 0 Å². The first kappa shape index (κ1) is 12.3. The molecule has 1 aromatic heterocycles. The normalized spacial score (nSPS) is 11.3. The topological polar surface area (TPSA) is 52.3 Å². The van der Waals surface area contributed by atoms with E-state index >= 15 is 0 Å². The van der Waals surface area contributed by atoms with Crippen LogP contribution < -0.4 is 4.74 Å². The van der Waals surface area contributed by atoms with Crippen molar-refractivity contribution in [3.8, 4) is 5.75 Å². The van der Waals surface area contributed by atoms with Crippen molar-refractivity contribution in [2.75, 3.05) is 6.61 Å². The average Bonchev–Trinajstić information content (AvgIpc) is 2.87. The molecule has 0 radical (unpaired) electrons. The summed E-state index contributed by atoms with van der Waals surface area (Å²) < 4.78 is 7.20. The van der Waals surface area contributed by atoms with Crippen molar-refractivity contribution in [1.29, 1.82) is 0 Å². The second kappa shape index (κ2) is 5.95. The maximum absolute atomic E-state index is 5.65. The second-order valence-electron chi connectivity index (χ2n) is 4.36. The van der Waals surface area contributed by atoms with Crippen LogP contribution in [0, 0.1) is 5.92 Å². The van der Waals surface area contributed by atoms with E-state index in [2.05, 4.69) is 29.1 Å². The van der Waals surface area contributed by atoms with Gasteiger partial charge in [-0.15, -0.1) is 10.2 Å². The molecule has 0 bridgehead atoms. The van der Waals surface area contributed by atoms with Crippen LogP contribution in [0.15, 0.2) is 42.0 Å². The van der Waals surface area contributed by atoms with Crippen LogP contribution in [0.1, 0.15) is 19.4 Å². The number of benzene rings is 1. The second-order valence-corrected chi connectivity index (χ2v) is 4.36. The number of nitrogens with zero attached hydrogens (tertiary/aromatic N) is 4. The summed E-state index contributed by atoms with van der Waals surface area (Å²) in [4.78, 5) is 0. The number of aromatic nitrogens is 3. The molecular formula is C13H16N4O. The van der Waals surface area contributed by atoms with Gasteiger partial charge >= 0.3 is 0 Å². The zero-order valence-corrected chi connectivity index (χ0v) is 10.5. The van der Waals surface area contributed by atoms with Crippen molar-refractivity contribution in [3.63, 3.8) is 0 Å². The minimum atomic E-state index is 0.513. The van der Waals surface area contributed by atoms with Crippen LogP contribution >= 0.6 is 0 Å². The minimum absolute atomic E-state index is 0.513. The van der Waals surface area contributed by atoms with E-state index in [1.807, 2.05) is 24.3 Å². The molecule has 0 spiro atoms. The molecule has 5 heteroatoms. The lowest BCUT2D eigenvalue weighted by atomic mass is 10.2. The Kier molecular flexibility index (Phi) is 4.06. The molecule has 0 N–H and O–H groups in total. The number of ether oxygens (including phenoxy) is 1. The molecule has 0 unspecified atom stereocenters. The van der Waals surface area contributed by atoms with Crippen molar-refractivity contribution in [3.05, 3.63) is 42.5 Å². The Morgan fingerprint density at radius 2 is 2.11 bits per heavy atom. The average molecular weight is 244 g/mol. The first-order valence-electron chi connectivity index (χ1n) is 5.86. The van der Waals surface area contributed by atoms with Gasteiger partial charge in [0.25, 0.3) is 0 Å². The molecule has 0 fully saturated rings. The molecule has 0 saturated heterocycles. The molecule has 5 nitrogen and oxygen atoms in total. The Balaban J connectivity index is 2.03. The largest absolute Gasteiger partial charge is 0.493 e. The highest BCUT2D eigenvalue weighted by Crippen LogP contribution is 2.13. The summed E-state index contributed by atoms with van der Waals surface area (Å²) in [5.41, 5.74) is 0.977. The van der Waals surface area contributed by atoms with Crippen LogP contribution in [0.25, 0.3) is 0 Å². The van der Waals surface area contributed by atoms with Crippen molar-refractivity contribution in [2.24, 2.45) is 11.0 Å². The molecule has 1 aromatic carbocycles. The van der Waals surface area contributed by atoms with Gasteiger partial charge in [0.1, 0.15) is 18.4 Å². The van der Waals surface area contributed by atoms with Gasteiger partial charge in [-0.2, -0.15) is 5.10 Å². The maximum atomic E-state index is 5.65. The fourth-order valence-corrected chi connectivity index (χ4v) is 1.34. The third-order valence-electron chi connectivity index (χ3n) is 2.19. The number of hydrogen-bond donors (Lipinski definition) is 0. The van der Waals surface area contributed by atoms with E-state index in [0.717, 1.165) is 11.3 Å². The fourth-order valence-electron chi connectivity index (χ4n) is 1.34. The van der Waals surface area contributed by atoms with Gasteiger partial charge in [-0.25, -0.2) is 4.68 Å². The van der Waals surface area contributed by atoms with E-state index in [4.69, 9.17) is 4.74 Å². The Morgan fingerprint density at radius 1 is 1.33 bits per heavy atom. The van der Waals surface area contributed by atoms with Crippen LogP contribution in [0.2, 0.25) is 0 Å². The summed E-state index contributed by atoms with van der Waals surface area (Å²) in [5, 5.41) is 11.5. The van der Waals surface area contributed by atoms with E-state index in [1.165, 1.54) is 12.7 Å². The first-order valence-corrected chi connectivity index (χ1v) is 5.86. The molecule has 18 heavy (non-hydrogen) atoms. The van der Waals surface area contributed by atoms with Crippen molar-refractivity contribution in [2.45, 2.75) is 13.8 Å². The van der Waals surface area contributed by atoms with E-state index in [1.54, 1.807) is 10.9 Å². The zero-order valence-electron chi connectivity index (χ0n) is 10.5. The lowest BCUT2D eigenvalue weighted by Gasteiger charge is -2.08. The first-order chi connectivity index (χ1) is 8.74. The molecule has 1 heterocycles.